The van der Waals surface area contributed by atoms with Crippen LogP contribution < -0.4 is 5.32 Å². The van der Waals surface area contributed by atoms with E-state index in [1.165, 1.54) is 16.4 Å². The molecule has 0 spiro atoms. The Morgan fingerprint density at radius 2 is 1.72 bits per heavy atom. The zero-order valence-electron chi connectivity index (χ0n) is 18.8. The number of nitrogens with zero attached hydrogens (tertiary/aromatic N) is 5. The molecular weight excluding hydrogens is 520 g/mol. The van der Waals surface area contributed by atoms with E-state index in [0.717, 1.165) is 17.5 Å². The normalized spacial score (nSPS) is 11.5. The molecule has 0 aliphatic carbocycles. The minimum atomic E-state index is -4.92. The lowest BCUT2D eigenvalue weighted by atomic mass is 10.1. The average molecular weight is 537 g/mol. The molecule has 2 aromatic heterocycles. The number of amides is 1. The van der Waals surface area contributed by atoms with Gasteiger partial charge in [0.2, 0.25) is 0 Å². The molecule has 1 N–H and O–H groups in total. The van der Waals surface area contributed by atoms with Crippen LogP contribution in [0.25, 0.3) is 5.69 Å². The Hall–Kier alpha value is -3.51. The van der Waals surface area contributed by atoms with E-state index in [0.29, 0.717) is 33.7 Å². The number of thioether (sulfide) groups is 1. The topological polar surface area (TPSA) is 85.6 Å². The number of halogens is 5. The van der Waals surface area contributed by atoms with Crippen LogP contribution in [-0.2, 0) is 11.9 Å². The van der Waals surface area contributed by atoms with Crippen molar-refractivity contribution in [2.24, 2.45) is 0 Å². The highest BCUT2D eigenvalue weighted by Crippen LogP contribution is 2.33. The van der Waals surface area contributed by atoms with Crippen molar-refractivity contribution in [1.29, 1.82) is 0 Å². The number of benzene rings is 2. The van der Waals surface area contributed by atoms with Gasteiger partial charge < -0.3 is 5.32 Å². The molecule has 7 nitrogen and oxygen atoms in total. The van der Waals surface area contributed by atoms with Gasteiger partial charge >= 0.3 is 6.18 Å². The van der Waals surface area contributed by atoms with E-state index in [-0.39, 0.29) is 17.1 Å². The van der Waals surface area contributed by atoms with Crippen molar-refractivity contribution in [2.75, 3.05) is 5.32 Å². The molecule has 0 radical (unpaired) electrons. The Labute approximate surface area is 211 Å². The number of anilines is 1. The number of alkyl halides is 3. The fourth-order valence-electron chi connectivity index (χ4n) is 3.30. The number of carbonyl (C=O) groups excluding carboxylic acids is 1. The van der Waals surface area contributed by atoms with Gasteiger partial charge in [-0.1, -0.05) is 28.6 Å². The van der Waals surface area contributed by atoms with Gasteiger partial charge in [-0.25, -0.2) is 19.0 Å². The Bertz CT molecular complexity index is 1410. The fourth-order valence-corrected chi connectivity index (χ4v) is 4.37. The third-order valence-corrected chi connectivity index (χ3v) is 5.99. The van der Waals surface area contributed by atoms with Crippen LogP contribution in [0.5, 0.6) is 0 Å². The van der Waals surface area contributed by atoms with Crippen LogP contribution in [0, 0.1) is 19.7 Å². The van der Waals surface area contributed by atoms with Gasteiger partial charge in [0.05, 0.1) is 16.9 Å². The quantitative estimate of drug-likeness (QED) is 0.184. The molecular formula is C23H17ClF4N6OS. The Morgan fingerprint density at radius 3 is 2.36 bits per heavy atom. The molecule has 0 unspecified atom stereocenters. The SMILES string of the molecule is Cc1cc(C)nc(SCc2c(C(=O)Nc3ccc(F)c(C(F)(F)F)c3)nnn2-c2ccc(Cl)cc2)n1. The minimum absolute atomic E-state index is 0.125. The molecule has 2 aromatic carbocycles. The molecule has 0 aliphatic rings. The molecule has 0 saturated heterocycles. The van der Waals surface area contributed by atoms with E-state index in [9.17, 15) is 22.4 Å². The van der Waals surface area contributed by atoms with Gasteiger partial charge in [0.1, 0.15) is 5.82 Å². The first-order valence-corrected chi connectivity index (χ1v) is 11.7. The molecule has 36 heavy (non-hydrogen) atoms. The second kappa shape index (κ2) is 10.2. The number of aryl methyl sites for hydroxylation is 2. The van der Waals surface area contributed by atoms with E-state index in [4.69, 9.17) is 11.6 Å². The molecule has 1 amide bonds. The maximum absolute atomic E-state index is 13.6. The molecule has 13 heteroatoms. The summed E-state index contributed by atoms with van der Waals surface area (Å²) in [6.45, 7) is 3.66. The van der Waals surface area contributed by atoms with Crippen LogP contribution in [0.2, 0.25) is 5.02 Å². The summed E-state index contributed by atoms with van der Waals surface area (Å²) in [6, 6.07) is 10.6. The summed E-state index contributed by atoms with van der Waals surface area (Å²) in [4.78, 5) is 21.8. The minimum Gasteiger partial charge on any atom is -0.321 e. The van der Waals surface area contributed by atoms with Gasteiger partial charge in [-0.2, -0.15) is 13.2 Å². The van der Waals surface area contributed by atoms with E-state index in [2.05, 4.69) is 25.6 Å². The zero-order chi connectivity index (χ0) is 26.0. The highest BCUT2D eigenvalue weighted by Gasteiger charge is 2.34. The van der Waals surface area contributed by atoms with Crippen LogP contribution >= 0.6 is 23.4 Å². The summed E-state index contributed by atoms with van der Waals surface area (Å²) in [6.07, 6.45) is -4.92. The molecule has 2 heterocycles. The third-order valence-electron chi connectivity index (χ3n) is 4.88. The standard InChI is InChI=1S/C23H17ClF4N6OS/c1-12-9-13(2)30-22(29-12)36-11-19-20(32-33-34(19)16-6-3-14(24)4-7-16)21(35)31-15-5-8-18(25)17(10-15)23(26,27)28/h3-10H,11H2,1-2H3,(H,31,35). The van der Waals surface area contributed by atoms with E-state index >= 15 is 0 Å². The molecule has 4 aromatic rings. The molecule has 0 aliphatic heterocycles. The lowest BCUT2D eigenvalue weighted by Gasteiger charge is -2.11. The first-order chi connectivity index (χ1) is 17.0. The number of nitrogens with one attached hydrogen (secondary N) is 1. The van der Waals surface area contributed by atoms with Gasteiger partial charge in [0.15, 0.2) is 10.9 Å². The number of rotatable bonds is 6. The van der Waals surface area contributed by atoms with E-state index in [1.807, 2.05) is 19.9 Å². The predicted molar refractivity (Wildman–Crippen MR) is 127 cm³/mol. The largest absolute Gasteiger partial charge is 0.419 e. The number of carbonyl (C=O) groups is 1. The summed E-state index contributed by atoms with van der Waals surface area (Å²) in [7, 11) is 0. The van der Waals surface area contributed by atoms with Gasteiger partial charge in [0.25, 0.3) is 5.91 Å². The summed E-state index contributed by atoms with van der Waals surface area (Å²) in [5, 5.41) is 11.3. The lowest BCUT2D eigenvalue weighted by Crippen LogP contribution is -2.16. The van der Waals surface area contributed by atoms with Crippen LogP contribution in [0.1, 0.15) is 33.1 Å². The summed E-state index contributed by atoms with van der Waals surface area (Å²) < 4.78 is 54.3. The number of aromatic nitrogens is 5. The second-order valence-electron chi connectivity index (χ2n) is 7.64. The Morgan fingerprint density at radius 1 is 1.06 bits per heavy atom. The maximum Gasteiger partial charge on any atom is 0.419 e. The smallest absolute Gasteiger partial charge is 0.321 e. The summed E-state index contributed by atoms with van der Waals surface area (Å²) in [5.41, 5.74) is 0.580. The van der Waals surface area contributed by atoms with Gasteiger partial charge in [0, 0.05) is 27.9 Å². The van der Waals surface area contributed by atoms with E-state index in [1.54, 1.807) is 24.3 Å². The van der Waals surface area contributed by atoms with Crippen molar-refractivity contribution < 1.29 is 22.4 Å². The van der Waals surface area contributed by atoms with E-state index < -0.39 is 23.5 Å². The lowest BCUT2D eigenvalue weighted by molar-refractivity contribution is -0.139. The highest BCUT2D eigenvalue weighted by atomic mass is 35.5. The zero-order valence-corrected chi connectivity index (χ0v) is 20.3. The molecule has 0 atom stereocenters. The van der Waals surface area contributed by atoms with Gasteiger partial charge in [-0.3, -0.25) is 4.79 Å². The molecule has 0 bridgehead atoms. The number of hydrogen-bond acceptors (Lipinski definition) is 6. The predicted octanol–water partition coefficient (Wildman–Crippen LogP) is 6.03. The Kier molecular flexibility index (Phi) is 7.27. The van der Waals surface area contributed by atoms with Crippen LogP contribution in [0.4, 0.5) is 23.2 Å². The van der Waals surface area contributed by atoms with Gasteiger partial charge in [-0.05, 0) is 62.4 Å². The van der Waals surface area contributed by atoms with Crippen molar-refractivity contribution in [3.05, 3.63) is 87.7 Å². The molecule has 186 valence electrons. The van der Waals surface area contributed by atoms with Crippen molar-refractivity contribution in [3.8, 4) is 5.69 Å². The Balaban J connectivity index is 1.68. The molecule has 0 saturated carbocycles. The fraction of sp³-hybridized carbons (Fsp3) is 0.174. The van der Waals surface area contributed by atoms with Crippen molar-refractivity contribution >= 4 is 35.0 Å². The summed E-state index contributed by atoms with van der Waals surface area (Å²) in [5.74, 6) is -2.09. The van der Waals surface area contributed by atoms with Crippen molar-refractivity contribution in [3.63, 3.8) is 0 Å². The van der Waals surface area contributed by atoms with Crippen molar-refractivity contribution in [2.45, 2.75) is 30.9 Å². The van der Waals surface area contributed by atoms with Crippen molar-refractivity contribution in [1.82, 2.24) is 25.0 Å². The second-order valence-corrected chi connectivity index (χ2v) is 9.02. The maximum atomic E-state index is 13.6. The first kappa shape index (κ1) is 25.6. The third kappa shape index (κ3) is 5.82. The van der Waals surface area contributed by atoms with Crippen LogP contribution in [-0.4, -0.2) is 30.9 Å². The monoisotopic (exact) mass is 536 g/mol. The summed E-state index contributed by atoms with van der Waals surface area (Å²) >= 11 is 7.21. The van der Waals surface area contributed by atoms with Gasteiger partial charge in [-0.15, -0.1) is 5.10 Å². The average Bonchev–Trinajstić information content (AvgIpc) is 3.22. The van der Waals surface area contributed by atoms with Crippen LogP contribution in [0.15, 0.2) is 53.7 Å². The molecule has 4 rings (SSSR count). The highest BCUT2D eigenvalue weighted by molar-refractivity contribution is 7.98. The van der Waals surface area contributed by atoms with Crippen LogP contribution in [0.3, 0.4) is 0 Å². The number of hydrogen-bond donors (Lipinski definition) is 1. The molecule has 0 fully saturated rings. The first-order valence-electron chi connectivity index (χ1n) is 10.3.